The predicted octanol–water partition coefficient (Wildman–Crippen LogP) is 6.52. The molecule has 0 saturated heterocycles. The summed E-state index contributed by atoms with van der Waals surface area (Å²) in [7, 11) is 0. The topological polar surface area (TPSA) is 35.2 Å². The fourth-order valence-corrected chi connectivity index (χ4v) is 4.38. The Balaban J connectivity index is 2.36. The summed E-state index contributed by atoms with van der Waals surface area (Å²) in [5, 5.41) is 0. The zero-order valence-corrected chi connectivity index (χ0v) is 17.9. The molecule has 148 valence electrons. The van der Waals surface area contributed by atoms with Crippen molar-refractivity contribution in [2.75, 3.05) is 0 Å². The average Bonchev–Trinajstić information content (AvgIpc) is 2.70. The van der Waals surface area contributed by atoms with Crippen LogP contribution in [0, 0.1) is 6.92 Å². The van der Waals surface area contributed by atoms with E-state index in [2.05, 4.69) is 89.2 Å². The minimum Gasteiger partial charge on any atom is -0.411 e. The van der Waals surface area contributed by atoms with E-state index in [-0.39, 0.29) is 11.3 Å². The van der Waals surface area contributed by atoms with E-state index in [1.54, 1.807) is 0 Å². The normalized spacial score (nSPS) is 15.3. The van der Waals surface area contributed by atoms with Gasteiger partial charge in [-0.1, -0.05) is 82.3 Å². The van der Waals surface area contributed by atoms with Gasteiger partial charge in [0.25, 0.3) is 0 Å². The molecule has 28 heavy (non-hydrogen) atoms. The summed E-state index contributed by atoms with van der Waals surface area (Å²) in [6.07, 6.45) is 9.99. The second kappa shape index (κ2) is 8.36. The van der Waals surface area contributed by atoms with E-state index in [0.717, 1.165) is 25.0 Å². The van der Waals surface area contributed by atoms with Crippen LogP contribution in [0.5, 0.6) is 5.75 Å². The molecule has 2 N–H and O–H groups in total. The van der Waals surface area contributed by atoms with E-state index in [1.165, 1.54) is 33.4 Å². The summed E-state index contributed by atoms with van der Waals surface area (Å²) in [6.45, 7) is 11.2. The molecule has 0 aromatic heterocycles. The van der Waals surface area contributed by atoms with Gasteiger partial charge in [0.2, 0.25) is 0 Å². The maximum Gasteiger partial charge on any atom is 0.154 e. The van der Waals surface area contributed by atoms with Crippen LogP contribution >= 0.6 is 0 Å². The zero-order valence-electron chi connectivity index (χ0n) is 17.9. The lowest BCUT2D eigenvalue weighted by Gasteiger charge is -2.31. The highest BCUT2D eigenvalue weighted by atomic mass is 16.6. The van der Waals surface area contributed by atoms with Gasteiger partial charge in [-0.25, -0.2) is 0 Å². The number of hydrogen-bond donors (Lipinski definition) is 1. The number of rotatable bonds is 5. The fourth-order valence-electron chi connectivity index (χ4n) is 4.38. The van der Waals surface area contributed by atoms with Gasteiger partial charge in [-0.15, -0.1) is 0 Å². The molecule has 0 fully saturated rings. The van der Waals surface area contributed by atoms with Gasteiger partial charge >= 0.3 is 0 Å². The monoisotopic (exact) mass is 375 g/mol. The lowest BCUT2D eigenvalue weighted by Crippen LogP contribution is -2.20. The second-order valence-corrected chi connectivity index (χ2v) is 8.70. The van der Waals surface area contributed by atoms with E-state index in [9.17, 15) is 0 Å². The maximum atomic E-state index is 5.86. The third-order valence-electron chi connectivity index (χ3n) is 5.75. The Morgan fingerprint density at radius 3 is 2.36 bits per heavy atom. The van der Waals surface area contributed by atoms with Crippen LogP contribution in [0.3, 0.4) is 0 Å². The standard InChI is InChI=1S/C26H33NO/c1-6-19-17-22(26(3,4)5)18(2)23(25(19)28-27)24(20-13-9-7-10-14-20)21-15-11-8-12-16-21/h7,9-11,13-17,24H,6,8,12,27H2,1-5H3. The van der Waals surface area contributed by atoms with Gasteiger partial charge in [0, 0.05) is 11.5 Å². The molecule has 2 nitrogen and oxygen atoms in total. The first kappa shape index (κ1) is 20.4. The summed E-state index contributed by atoms with van der Waals surface area (Å²) in [5.74, 6) is 6.81. The number of benzene rings is 2. The molecule has 2 aromatic rings. The van der Waals surface area contributed by atoms with Crippen LogP contribution in [0.25, 0.3) is 0 Å². The molecule has 1 unspecified atom stereocenters. The minimum absolute atomic E-state index is 0.0495. The smallest absolute Gasteiger partial charge is 0.154 e. The van der Waals surface area contributed by atoms with E-state index in [4.69, 9.17) is 10.7 Å². The van der Waals surface area contributed by atoms with E-state index in [1.807, 2.05) is 0 Å². The van der Waals surface area contributed by atoms with Crippen LogP contribution in [-0.2, 0) is 11.8 Å². The molecule has 2 heteroatoms. The zero-order chi connectivity index (χ0) is 20.3. The molecule has 3 rings (SSSR count). The Labute approximate surface area is 170 Å². The molecule has 2 aromatic carbocycles. The van der Waals surface area contributed by atoms with Crippen LogP contribution in [0.2, 0.25) is 0 Å². The van der Waals surface area contributed by atoms with Gasteiger partial charge in [0.05, 0.1) is 0 Å². The number of aryl methyl sites for hydroxylation is 1. The van der Waals surface area contributed by atoms with Gasteiger partial charge in [-0.05, 0) is 59.4 Å². The molecular weight excluding hydrogens is 342 g/mol. The Morgan fingerprint density at radius 2 is 1.82 bits per heavy atom. The predicted molar refractivity (Wildman–Crippen MR) is 119 cm³/mol. The van der Waals surface area contributed by atoms with Crippen molar-refractivity contribution in [2.45, 2.75) is 65.2 Å². The van der Waals surface area contributed by atoms with Crippen molar-refractivity contribution in [3.63, 3.8) is 0 Å². The van der Waals surface area contributed by atoms with Crippen LogP contribution in [-0.4, -0.2) is 0 Å². The maximum absolute atomic E-state index is 5.86. The second-order valence-electron chi connectivity index (χ2n) is 8.70. The van der Waals surface area contributed by atoms with Crippen molar-refractivity contribution in [3.05, 3.63) is 88.0 Å². The van der Waals surface area contributed by atoms with Gasteiger partial charge in [0.1, 0.15) is 0 Å². The molecule has 0 bridgehead atoms. The van der Waals surface area contributed by atoms with Crippen molar-refractivity contribution < 1.29 is 4.84 Å². The molecule has 1 aliphatic carbocycles. The lowest BCUT2D eigenvalue weighted by atomic mass is 9.74. The molecule has 0 heterocycles. The van der Waals surface area contributed by atoms with Crippen LogP contribution < -0.4 is 10.7 Å². The van der Waals surface area contributed by atoms with Crippen molar-refractivity contribution in [1.82, 2.24) is 0 Å². The largest absolute Gasteiger partial charge is 0.411 e. The van der Waals surface area contributed by atoms with Crippen molar-refractivity contribution in [2.24, 2.45) is 5.90 Å². The Morgan fingerprint density at radius 1 is 1.11 bits per heavy atom. The fraction of sp³-hybridized carbons (Fsp3) is 0.385. The van der Waals surface area contributed by atoms with E-state index >= 15 is 0 Å². The molecule has 0 saturated carbocycles. The molecule has 0 aliphatic heterocycles. The van der Waals surface area contributed by atoms with Gasteiger partial charge in [-0.2, -0.15) is 5.90 Å². The summed E-state index contributed by atoms with van der Waals surface area (Å²) in [5.41, 5.74) is 7.67. The van der Waals surface area contributed by atoms with Crippen LogP contribution in [0.4, 0.5) is 0 Å². The first-order valence-corrected chi connectivity index (χ1v) is 10.3. The number of hydrogen-bond acceptors (Lipinski definition) is 2. The Hall–Kier alpha value is -2.32. The summed E-state index contributed by atoms with van der Waals surface area (Å²) in [4.78, 5) is 5.56. The summed E-state index contributed by atoms with van der Waals surface area (Å²) < 4.78 is 0. The number of allylic oxidation sites excluding steroid dienone is 4. The quantitative estimate of drug-likeness (QED) is 0.604. The van der Waals surface area contributed by atoms with E-state index in [0.29, 0.717) is 0 Å². The molecule has 0 spiro atoms. The van der Waals surface area contributed by atoms with E-state index < -0.39 is 0 Å². The minimum atomic E-state index is 0.0495. The average molecular weight is 376 g/mol. The number of nitrogens with two attached hydrogens (primary N) is 1. The summed E-state index contributed by atoms with van der Waals surface area (Å²) >= 11 is 0. The van der Waals surface area contributed by atoms with Gasteiger partial charge in [0.15, 0.2) is 5.75 Å². The van der Waals surface area contributed by atoms with Crippen LogP contribution in [0.15, 0.2) is 60.2 Å². The molecule has 1 atom stereocenters. The third-order valence-corrected chi connectivity index (χ3v) is 5.75. The third kappa shape index (κ3) is 3.93. The molecule has 1 aliphatic rings. The Kier molecular flexibility index (Phi) is 6.10. The Bertz CT molecular complexity index is 885. The molecule has 0 radical (unpaired) electrons. The molecular formula is C26H33NO. The highest BCUT2D eigenvalue weighted by Gasteiger charge is 2.30. The van der Waals surface area contributed by atoms with Crippen molar-refractivity contribution >= 4 is 0 Å². The van der Waals surface area contributed by atoms with Crippen molar-refractivity contribution in [1.29, 1.82) is 0 Å². The first-order valence-electron chi connectivity index (χ1n) is 10.3. The highest BCUT2D eigenvalue weighted by Crippen LogP contribution is 2.45. The van der Waals surface area contributed by atoms with Gasteiger partial charge < -0.3 is 4.84 Å². The first-order chi connectivity index (χ1) is 13.4. The SMILES string of the molecule is CCc1cc(C(C)(C)C)c(C)c(C(C2=CCCC=C2)c2ccccc2)c1ON. The van der Waals surface area contributed by atoms with Crippen LogP contribution in [0.1, 0.15) is 74.3 Å². The van der Waals surface area contributed by atoms with Crippen molar-refractivity contribution in [3.8, 4) is 5.75 Å². The lowest BCUT2D eigenvalue weighted by molar-refractivity contribution is 0.326. The highest BCUT2D eigenvalue weighted by molar-refractivity contribution is 5.60. The summed E-state index contributed by atoms with van der Waals surface area (Å²) in [6, 6.07) is 13.0. The van der Waals surface area contributed by atoms with Gasteiger partial charge in [-0.3, -0.25) is 0 Å². The molecule has 0 amide bonds.